The van der Waals surface area contributed by atoms with E-state index in [2.05, 4.69) is 5.32 Å². The summed E-state index contributed by atoms with van der Waals surface area (Å²) in [7, 11) is 0. The minimum absolute atomic E-state index is 0.260. The molecule has 0 unspecified atom stereocenters. The fourth-order valence-electron chi connectivity index (χ4n) is 2.28. The highest BCUT2D eigenvalue weighted by Crippen LogP contribution is 2.29. The van der Waals surface area contributed by atoms with Gasteiger partial charge in [0.15, 0.2) is 0 Å². The number of carbonyl (C=O) groups is 3. The van der Waals surface area contributed by atoms with Crippen molar-refractivity contribution in [1.29, 1.82) is 0 Å². The van der Waals surface area contributed by atoms with Crippen molar-refractivity contribution in [2.24, 2.45) is 0 Å². The molecule has 4 amide bonds. The van der Waals surface area contributed by atoms with Crippen LogP contribution in [-0.4, -0.2) is 17.8 Å². The van der Waals surface area contributed by atoms with E-state index in [1.165, 1.54) is 30.3 Å². The third-order valence-corrected chi connectivity index (χ3v) is 4.39. The molecule has 25 heavy (non-hydrogen) atoms. The number of urea groups is 1. The Balaban J connectivity index is 2.07. The number of imide groups is 2. The van der Waals surface area contributed by atoms with E-state index >= 15 is 0 Å². The van der Waals surface area contributed by atoms with Crippen LogP contribution in [0.3, 0.4) is 0 Å². The minimum atomic E-state index is -0.847. The molecule has 5 nitrogen and oxygen atoms in total. The van der Waals surface area contributed by atoms with Gasteiger partial charge >= 0.3 is 6.03 Å². The molecule has 3 rings (SSSR count). The number of carbonyl (C=O) groups excluding carboxylic acids is 3. The van der Waals surface area contributed by atoms with E-state index in [1.807, 2.05) is 0 Å². The van der Waals surface area contributed by atoms with Crippen LogP contribution in [0.25, 0.3) is 6.08 Å². The van der Waals surface area contributed by atoms with Crippen molar-refractivity contribution in [1.82, 2.24) is 5.32 Å². The third kappa shape index (κ3) is 3.39. The van der Waals surface area contributed by atoms with Crippen LogP contribution in [0, 0.1) is 0 Å². The smallest absolute Gasteiger partial charge is 0.273 e. The highest BCUT2D eigenvalue weighted by Gasteiger charge is 2.37. The molecule has 0 atom stereocenters. The zero-order valence-electron chi connectivity index (χ0n) is 12.4. The maximum absolute atomic E-state index is 12.7. The molecule has 2 aromatic rings. The maximum Gasteiger partial charge on any atom is 0.335 e. The van der Waals surface area contributed by atoms with Crippen LogP contribution >= 0.6 is 34.8 Å². The van der Waals surface area contributed by atoms with Crippen LogP contribution < -0.4 is 10.2 Å². The molecular weight excluding hydrogens is 387 g/mol. The Labute approximate surface area is 157 Å². The minimum Gasteiger partial charge on any atom is -0.273 e. The molecule has 0 spiro atoms. The summed E-state index contributed by atoms with van der Waals surface area (Å²) >= 11 is 18.0. The number of benzene rings is 2. The van der Waals surface area contributed by atoms with Crippen LogP contribution in [0.2, 0.25) is 15.1 Å². The molecule has 0 radical (unpaired) electrons. The van der Waals surface area contributed by atoms with E-state index in [0.29, 0.717) is 10.6 Å². The molecule has 0 bridgehead atoms. The van der Waals surface area contributed by atoms with Gasteiger partial charge in [0.25, 0.3) is 11.8 Å². The standard InChI is InChI=1S/C17H9Cl3N2O3/c18-9-4-6-10(7-5-9)22-16(24)12(15(23)21-17(22)25)8-11-13(19)2-1-3-14(11)20/h1-8H,(H,21,23,25)/b12-8+. The predicted octanol–water partition coefficient (Wildman–Crippen LogP) is 4.31. The van der Waals surface area contributed by atoms with Gasteiger partial charge in [-0.15, -0.1) is 0 Å². The third-order valence-electron chi connectivity index (χ3n) is 3.47. The van der Waals surface area contributed by atoms with Gasteiger partial charge in [-0.1, -0.05) is 40.9 Å². The molecular formula is C17H9Cl3N2O3. The van der Waals surface area contributed by atoms with Gasteiger partial charge in [-0.3, -0.25) is 14.9 Å². The summed E-state index contributed by atoms with van der Waals surface area (Å²) in [4.78, 5) is 37.8. The topological polar surface area (TPSA) is 66.5 Å². The van der Waals surface area contributed by atoms with Crippen molar-refractivity contribution >= 4 is 64.4 Å². The van der Waals surface area contributed by atoms with Gasteiger partial charge in [-0.2, -0.15) is 0 Å². The molecule has 1 N–H and O–H groups in total. The van der Waals surface area contributed by atoms with Crippen LogP contribution in [-0.2, 0) is 9.59 Å². The molecule has 1 aliphatic heterocycles. The average molecular weight is 396 g/mol. The number of hydrogen-bond acceptors (Lipinski definition) is 3. The zero-order chi connectivity index (χ0) is 18.1. The van der Waals surface area contributed by atoms with Gasteiger partial charge in [-0.05, 0) is 42.5 Å². The van der Waals surface area contributed by atoms with Crippen molar-refractivity contribution in [3.63, 3.8) is 0 Å². The number of barbiturate groups is 1. The van der Waals surface area contributed by atoms with E-state index in [9.17, 15) is 14.4 Å². The summed E-state index contributed by atoms with van der Waals surface area (Å²) in [6.45, 7) is 0. The Kier molecular flexibility index (Phi) is 4.81. The van der Waals surface area contributed by atoms with Gasteiger partial charge in [-0.25, -0.2) is 9.69 Å². The Hall–Kier alpha value is -2.34. The van der Waals surface area contributed by atoms with Crippen LogP contribution in [0.4, 0.5) is 10.5 Å². The first-order chi connectivity index (χ1) is 11.9. The molecule has 1 fully saturated rings. The fourth-order valence-corrected chi connectivity index (χ4v) is 2.91. The van der Waals surface area contributed by atoms with Crippen LogP contribution in [0.5, 0.6) is 0 Å². The van der Waals surface area contributed by atoms with E-state index < -0.39 is 17.8 Å². The second kappa shape index (κ2) is 6.88. The lowest BCUT2D eigenvalue weighted by Crippen LogP contribution is -2.54. The normalized spacial score (nSPS) is 16.4. The summed E-state index contributed by atoms with van der Waals surface area (Å²) in [6.07, 6.45) is 1.26. The molecule has 0 aromatic heterocycles. The second-order valence-electron chi connectivity index (χ2n) is 5.07. The fraction of sp³-hybridized carbons (Fsp3) is 0. The quantitative estimate of drug-likeness (QED) is 0.608. The van der Waals surface area contributed by atoms with Gasteiger partial charge in [0.05, 0.1) is 5.69 Å². The summed E-state index contributed by atoms with van der Waals surface area (Å²) < 4.78 is 0. The monoisotopic (exact) mass is 394 g/mol. The highest BCUT2D eigenvalue weighted by molar-refractivity contribution is 6.41. The molecule has 0 saturated carbocycles. The summed E-state index contributed by atoms with van der Waals surface area (Å²) in [6, 6.07) is 9.99. The van der Waals surface area contributed by atoms with E-state index in [4.69, 9.17) is 34.8 Å². The molecule has 126 valence electrons. The Bertz CT molecular complexity index is 903. The molecule has 1 heterocycles. The number of rotatable bonds is 2. The van der Waals surface area contributed by atoms with Crippen molar-refractivity contribution in [2.75, 3.05) is 4.90 Å². The number of nitrogens with zero attached hydrogens (tertiary/aromatic N) is 1. The number of anilines is 1. The number of nitrogens with one attached hydrogen (secondary N) is 1. The lowest BCUT2D eigenvalue weighted by atomic mass is 10.1. The first-order valence-electron chi connectivity index (χ1n) is 6.99. The second-order valence-corrected chi connectivity index (χ2v) is 6.32. The lowest BCUT2D eigenvalue weighted by molar-refractivity contribution is -0.122. The Morgan fingerprint density at radius 1 is 0.880 bits per heavy atom. The van der Waals surface area contributed by atoms with Crippen molar-refractivity contribution in [3.8, 4) is 0 Å². The predicted molar refractivity (Wildman–Crippen MR) is 96.9 cm³/mol. The van der Waals surface area contributed by atoms with Crippen molar-refractivity contribution < 1.29 is 14.4 Å². The Morgan fingerprint density at radius 3 is 2.08 bits per heavy atom. The van der Waals surface area contributed by atoms with Gasteiger partial charge in [0.2, 0.25) is 0 Å². The largest absolute Gasteiger partial charge is 0.335 e. The SMILES string of the molecule is O=C1NC(=O)N(c2ccc(Cl)cc2)C(=O)/C1=C/c1c(Cl)cccc1Cl. The first kappa shape index (κ1) is 17.5. The van der Waals surface area contributed by atoms with Crippen molar-refractivity contribution in [3.05, 3.63) is 68.7 Å². The van der Waals surface area contributed by atoms with E-state index in [1.54, 1.807) is 18.2 Å². The maximum atomic E-state index is 12.7. The van der Waals surface area contributed by atoms with Crippen LogP contribution in [0.15, 0.2) is 48.0 Å². The van der Waals surface area contributed by atoms with Crippen molar-refractivity contribution in [2.45, 2.75) is 0 Å². The molecule has 0 aliphatic carbocycles. The molecule has 2 aromatic carbocycles. The lowest BCUT2D eigenvalue weighted by Gasteiger charge is -2.26. The zero-order valence-corrected chi connectivity index (χ0v) is 14.7. The summed E-state index contributed by atoms with van der Waals surface area (Å²) in [5, 5.41) is 3.12. The number of amides is 4. The number of hydrogen-bond donors (Lipinski definition) is 1. The van der Waals surface area contributed by atoms with Crippen LogP contribution in [0.1, 0.15) is 5.56 Å². The summed E-state index contributed by atoms with van der Waals surface area (Å²) in [5.74, 6) is -1.61. The van der Waals surface area contributed by atoms with Gasteiger partial charge < -0.3 is 0 Å². The van der Waals surface area contributed by atoms with Gasteiger partial charge in [0.1, 0.15) is 5.57 Å². The van der Waals surface area contributed by atoms with Gasteiger partial charge in [0, 0.05) is 20.6 Å². The highest BCUT2D eigenvalue weighted by atomic mass is 35.5. The van der Waals surface area contributed by atoms with E-state index in [-0.39, 0.29) is 21.3 Å². The van der Waals surface area contributed by atoms with E-state index in [0.717, 1.165) is 4.90 Å². The molecule has 1 aliphatic rings. The average Bonchev–Trinajstić information content (AvgIpc) is 2.55. The first-order valence-corrected chi connectivity index (χ1v) is 8.13. The Morgan fingerprint density at radius 2 is 1.48 bits per heavy atom. The molecule has 8 heteroatoms. The number of halogens is 3. The summed E-state index contributed by atoms with van der Waals surface area (Å²) in [5.41, 5.74) is 0.329. The molecule has 1 saturated heterocycles.